The van der Waals surface area contributed by atoms with Crippen LogP contribution < -0.4 is 16.6 Å². The Morgan fingerprint density at radius 3 is 2.67 bits per heavy atom. The molecule has 0 saturated carbocycles. The Labute approximate surface area is 211 Å². The summed E-state index contributed by atoms with van der Waals surface area (Å²) in [7, 11) is 0. The van der Waals surface area contributed by atoms with Gasteiger partial charge in [-0.2, -0.15) is 5.10 Å². The number of nitrogens with two attached hydrogens (primary N) is 1. The smallest absolute Gasteiger partial charge is 0.267 e. The van der Waals surface area contributed by atoms with Crippen LogP contribution in [0, 0.1) is 11.8 Å². The highest BCUT2D eigenvalue weighted by Gasteiger charge is 2.15. The number of halogens is 1. The number of hydrogen-bond donors (Lipinski definition) is 2. The van der Waals surface area contributed by atoms with E-state index in [2.05, 4.69) is 37.3 Å². The van der Waals surface area contributed by atoms with Crippen LogP contribution in [0.15, 0.2) is 78.0 Å². The Morgan fingerprint density at radius 1 is 1.00 bits per heavy atom. The van der Waals surface area contributed by atoms with Crippen LogP contribution in [0.2, 0.25) is 5.02 Å². The van der Waals surface area contributed by atoms with Crippen LogP contribution in [-0.4, -0.2) is 36.3 Å². The molecular formula is C26H19ClN8O. The van der Waals surface area contributed by atoms with E-state index >= 15 is 0 Å². The topological polar surface area (TPSA) is 124 Å². The Kier molecular flexibility index (Phi) is 6.51. The highest BCUT2D eigenvalue weighted by Crippen LogP contribution is 2.21. The summed E-state index contributed by atoms with van der Waals surface area (Å²) in [5.41, 5.74) is 8.02. The number of para-hydroxylation sites is 1. The van der Waals surface area contributed by atoms with E-state index in [9.17, 15) is 4.79 Å². The second-order valence-electron chi connectivity index (χ2n) is 7.66. The average Bonchev–Trinajstić information content (AvgIpc) is 2.89. The van der Waals surface area contributed by atoms with Gasteiger partial charge < -0.3 is 11.1 Å². The summed E-state index contributed by atoms with van der Waals surface area (Å²) in [5, 5.41) is 11.8. The molecule has 5 aromatic rings. The van der Waals surface area contributed by atoms with E-state index in [0.717, 1.165) is 0 Å². The van der Waals surface area contributed by atoms with Gasteiger partial charge in [0.25, 0.3) is 5.56 Å². The molecule has 3 N–H and O–H groups in total. The number of anilines is 2. The summed E-state index contributed by atoms with van der Waals surface area (Å²) < 4.78 is 1.58. The molecule has 5 rings (SSSR count). The second kappa shape index (κ2) is 10.2. The van der Waals surface area contributed by atoms with Gasteiger partial charge in [-0.25, -0.2) is 15.0 Å². The maximum absolute atomic E-state index is 13.5. The molecule has 10 heteroatoms. The van der Waals surface area contributed by atoms with Gasteiger partial charge in [0.2, 0.25) is 0 Å². The first-order chi connectivity index (χ1) is 17.6. The van der Waals surface area contributed by atoms with Gasteiger partial charge >= 0.3 is 0 Å². The maximum Gasteiger partial charge on any atom is 0.267 e. The molecule has 0 aliphatic rings. The van der Waals surface area contributed by atoms with Gasteiger partial charge in [-0.05, 0) is 42.3 Å². The molecule has 2 aromatic carbocycles. The van der Waals surface area contributed by atoms with Gasteiger partial charge in [0.05, 0.1) is 21.6 Å². The molecule has 0 aliphatic heterocycles. The first-order valence-corrected chi connectivity index (χ1v) is 11.4. The third-order valence-corrected chi connectivity index (χ3v) is 5.65. The number of fused-ring (bicyclic) bond motifs is 1. The van der Waals surface area contributed by atoms with Crippen LogP contribution in [0.5, 0.6) is 0 Å². The highest BCUT2D eigenvalue weighted by atomic mass is 35.5. The molecule has 0 atom stereocenters. The summed E-state index contributed by atoms with van der Waals surface area (Å²) in [4.78, 5) is 26.6. The van der Waals surface area contributed by atoms with Crippen LogP contribution in [0.1, 0.15) is 17.1 Å². The number of aromatic nitrogens is 6. The zero-order valence-corrected chi connectivity index (χ0v) is 19.6. The van der Waals surface area contributed by atoms with E-state index in [4.69, 9.17) is 22.3 Å². The van der Waals surface area contributed by atoms with Crippen molar-refractivity contribution < 1.29 is 0 Å². The molecule has 0 amide bonds. The van der Waals surface area contributed by atoms with E-state index in [-0.39, 0.29) is 11.4 Å². The Bertz CT molecular complexity index is 1660. The second-order valence-corrected chi connectivity index (χ2v) is 8.06. The van der Waals surface area contributed by atoms with Crippen molar-refractivity contribution >= 4 is 34.1 Å². The van der Waals surface area contributed by atoms with Gasteiger partial charge in [0.15, 0.2) is 0 Å². The number of hydrogen-bond acceptors (Lipinski definition) is 8. The molecule has 3 heterocycles. The van der Waals surface area contributed by atoms with Crippen molar-refractivity contribution in [3.05, 3.63) is 106 Å². The summed E-state index contributed by atoms with van der Waals surface area (Å²) in [6, 6.07) is 18.1. The van der Waals surface area contributed by atoms with Gasteiger partial charge in [-0.1, -0.05) is 41.8 Å². The molecule has 0 aliphatic carbocycles. The van der Waals surface area contributed by atoms with Crippen molar-refractivity contribution in [2.45, 2.75) is 6.42 Å². The standard InChI is InChI=1S/C26H19ClN8O/c27-20-9-4-10-21-23(20)26(36)35(18-7-2-1-3-8-18)22(33-21)13-15-29-25-19(24(28)30-16-31-25)12-11-17-6-5-14-32-34-17/h1-10,14,16H,13,15H2,(H3,28,29,30,31). The monoisotopic (exact) mass is 494 g/mol. The van der Waals surface area contributed by atoms with E-state index in [1.54, 1.807) is 41.1 Å². The van der Waals surface area contributed by atoms with Gasteiger partial charge in [-0.3, -0.25) is 9.36 Å². The summed E-state index contributed by atoms with van der Waals surface area (Å²) in [6.45, 7) is 0.404. The normalized spacial score (nSPS) is 10.6. The van der Waals surface area contributed by atoms with Crippen LogP contribution in [0.25, 0.3) is 16.6 Å². The molecule has 0 fully saturated rings. The third-order valence-electron chi connectivity index (χ3n) is 5.34. The van der Waals surface area contributed by atoms with E-state index in [1.807, 2.05) is 30.3 Å². The molecule has 0 spiro atoms. The molecule has 176 valence electrons. The molecule has 0 saturated heterocycles. The van der Waals surface area contributed by atoms with Crippen LogP contribution in [0.4, 0.5) is 11.6 Å². The lowest BCUT2D eigenvalue weighted by atomic mass is 10.2. The average molecular weight is 495 g/mol. The molecule has 9 nitrogen and oxygen atoms in total. The number of rotatable bonds is 5. The fourth-order valence-electron chi connectivity index (χ4n) is 3.69. The maximum atomic E-state index is 13.5. The number of nitrogens with one attached hydrogen (secondary N) is 1. The van der Waals surface area contributed by atoms with Crippen molar-refractivity contribution in [2.24, 2.45) is 0 Å². The minimum atomic E-state index is -0.228. The third kappa shape index (κ3) is 4.71. The molecule has 3 aromatic heterocycles. The lowest BCUT2D eigenvalue weighted by Gasteiger charge is -2.15. The van der Waals surface area contributed by atoms with Crippen molar-refractivity contribution in [3.8, 4) is 17.5 Å². The van der Waals surface area contributed by atoms with Crippen molar-refractivity contribution in [1.82, 2.24) is 29.7 Å². The first kappa shape index (κ1) is 23.0. The van der Waals surface area contributed by atoms with Crippen LogP contribution in [-0.2, 0) is 6.42 Å². The highest BCUT2D eigenvalue weighted by molar-refractivity contribution is 6.35. The fourth-order valence-corrected chi connectivity index (χ4v) is 3.94. The predicted molar refractivity (Wildman–Crippen MR) is 139 cm³/mol. The zero-order valence-electron chi connectivity index (χ0n) is 18.9. The largest absolute Gasteiger partial charge is 0.382 e. The van der Waals surface area contributed by atoms with E-state index in [1.165, 1.54) is 6.33 Å². The summed E-state index contributed by atoms with van der Waals surface area (Å²) >= 11 is 6.35. The minimum Gasteiger partial charge on any atom is -0.382 e. The quantitative estimate of drug-likeness (QED) is 0.357. The number of nitrogens with zero attached hydrogens (tertiary/aromatic N) is 6. The zero-order chi connectivity index (χ0) is 24.9. The Balaban J connectivity index is 1.47. The van der Waals surface area contributed by atoms with Crippen molar-refractivity contribution in [3.63, 3.8) is 0 Å². The molecule has 0 radical (unpaired) electrons. The predicted octanol–water partition coefficient (Wildman–Crippen LogP) is 3.26. The van der Waals surface area contributed by atoms with E-state index < -0.39 is 0 Å². The lowest BCUT2D eigenvalue weighted by Crippen LogP contribution is -2.25. The van der Waals surface area contributed by atoms with Crippen LogP contribution >= 0.6 is 11.6 Å². The first-order valence-electron chi connectivity index (χ1n) is 11.0. The summed E-state index contributed by atoms with van der Waals surface area (Å²) in [6.07, 6.45) is 3.34. The van der Waals surface area contributed by atoms with Gasteiger partial charge in [0.1, 0.15) is 35.0 Å². The van der Waals surface area contributed by atoms with Gasteiger partial charge in [-0.15, -0.1) is 5.10 Å². The number of nitrogen functional groups attached to an aromatic ring is 1. The van der Waals surface area contributed by atoms with E-state index in [0.29, 0.717) is 57.5 Å². The van der Waals surface area contributed by atoms with Gasteiger partial charge in [0, 0.05) is 19.2 Å². The number of benzene rings is 2. The molecule has 36 heavy (non-hydrogen) atoms. The molecule has 0 unspecified atom stereocenters. The lowest BCUT2D eigenvalue weighted by molar-refractivity contribution is 0.809. The van der Waals surface area contributed by atoms with Crippen LogP contribution in [0.3, 0.4) is 0 Å². The Hall–Kier alpha value is -4.81. The summed E-state index contributed by atoms with van der Waals surface area (Å²) in [5.74, 6) is 7.17. The Morgan fingerprint density at radius 2 is 1.86 bits per heavy atom. The van der Waals surface area contributed by atoms with Crippen molar-refractivity contribution in [2.75, 3.05) is 17.6 Å². The minimum absolute atomic E-state index is 0.228. The SMILES string of the molecule is Nc1ncnc(NCCc2nc3cccc(Cl)c3c(=O)n2-c2ccccc2)c1C#Cc1cccnn1. The molecular weight excluding hydrogens is 476 g/mol. The van der Waals surface area contributed by atoms with Crippen molar-refractivity contribution in [1.29, 1.82) is 0 Å². The molecule has 0 bridgehead atoms. The fraction of sp³-hybridized carbons (Fsp3) is 0.0769.